The lowest BCUT2D eigenvalue weighted by molar-refractivity contribution is -0.128. The fourth-order valence-electron chi connectivity index (χ4n) is 2.28. The van der Waals surface area contributed by atoms with Crippen LogP contribution in [0.3, 0.4) is 0 Å². The Kier molecular flexibility index (Phi) is 6.67. The molecule has 1 rings (SSSR count). The van der Waals surface area contributed by atoms with Gasteiger partial charge in [-0.25, -0.2) is 4.79 Å². The maximum atomic E-state index is 11.8. The van der Waals surface area contributed by atoms with E-state index >= 15 is 0 Å². The maximum absolute atomic E-state index is 11.8. The Morgan fingerprint density at radius 1 is 0.882 bits per heavy atom. The standard InChI is InChI=1S/C13H24N2O2/c14-13(17)15-11-9-7-5-3-1-2-4-6-8-10-12(15)16/h1-11H2,(H2,14,17). The molecule has 0 aliphatic carbocycles. The number of primary amides is 1. The van der Waals surface area contributed by atoms with Crippen molar-refractivity contribution >= 4 is 11.9 Å². The maximum Gasteiger partial charge on any atom is 0.321 e. The number of carbonyl (C=O) groups is 2. The summed E-state index contributed by atoms with van der Waals surface area (Å²) >= 11 is 0. The molecule has 1 aliphatic rings. The molecule has 0 aromatic carbocycles. The molecular weight excluding hydrogens is 216 g/mol. The van der Waals surface area contributed by atoms with Crippen LogP contribution in [0.1, 0.15) is 64.2 Å². The molecule has 0 aromatic heterocycles. The summed E-state index contributed by atoms with van der Waals surface area (Å²) in [5, 5.41) is 0. The van der Waals surface area contributed by atoms with Gasteiger partial charge in [0.2, 0.25) is 5.91 Å². The summed E-state index contributed by atoms with van der Waals surface area (Å²) in [6.07, 6.45) is 10.6. The van der Waals surface area contributed by atoms with Crippen LogP contribution in [-0.2, 0) is 4.79 Å². The molecule has 0 radical (unpaired) electrons. The predicted octanol–water partition coefficient (Wildman–Crippen LogP) is 2.81. The van der Waals surface area contributed by atoms with Gasteiger partial charge in [0.1, 0.15) is 0 Å². The predicted molar refractivity (Wildman–Crippen MR) is 67.5 cm³/mol. The van der Waals surface area contributed by atoms with E-state index < -0.39 is 6.03 Å². The molecule has 98 valence electrons. The molecule has 1 aliphatic heterocycles. The van der Waals surface area contributed by atoms with Crippen LogP contribution in [0.25, 0.3) is 0 Å². The van der Waals surface area contributed by atoms with Crippen molar-refractivity contribution in [3.63, 3.8) is 0 Å². The highest BCUT2D eigenvalue weighted by atomic mass is 16.2. The van der Waals surface area contributed by atoms with E-state index in [0.717, 1.165) is 25.7 Å². The molecule has 4 nitrogen and oxygen atoms in total. The largest absolute Gasteiger partial charge is 0.351 e. The first kappa shape index (κ1) is 14.0. The molecule has 1 saturated heterocycles. The summed E-state index contributed by atoms with van der Waals surface area (Å²) in [7, 11) is 0. The third-order valence-electron chi connectivity index (χ3n) is 3.34. The van der Waals surface area contributed by atoms with Gasteiger partial charge in [-0.15, -0.1) is 0 Å². The van der Waals surface area contributed by atoms with E-state index in [1.807, 2.05) is 0 Å². The molecule has 17 heavy (non-hydrogen) atoms. The quantitative estimate of drug-likeness (QED) is 0.707. The summed E-state index contributed by atoms with van der Waals surface area (Å²) in [6.45, 7) is 0.494. The zero-order valence-corrected chi connectivity index (χ0v) is 10.6. The smallest absolute Gasteiger partial charge is 0.321 e. The van der Waals surface area contributed by atoms with Gasteiger partial charge >= 0.3 is 6.03 Å². The van der Waals surface area contributed by atoms with Crippen molar-refractivity contribution < 1.29 is 9.59 Å². The van der Waals surface area contributed by atoms with Crippen LogP contribution in [0.15, 0.2) is 0 Å². The SMILES string of the molecule is NC(=O)N1CCCCCCCCCCCC1=O. The van der Waals surface area contributed by atoms with Crippen molar-refractivity contribution in [2.24, 2.45) is 5.73 Å². The Morgan fingerprint density at radius 3 is 1.88 bits per heavy atom. The van der Waals surface area contributed by atoms with Crippen LogP contribution >= 0.6 is 0 Å². The number of urea groups is 1. The number of carbonyl (C=O) groups excluding carboxylic acids is 2. The lowest BCUT2D eigenvalue weighted by atomic mass is 10.1. The molecule has 0 bridgehead atoms. The minimum absolute atomic E-state index is 0.100. The summed E-state index contributed by atoms with van der Waals surface area (Å²) in [5.41, 5.74) is 5.24. The third kappa shape index (κ3) is 5.71. The van der Waals surface area contributed by atoms with E-state index in [2.05, 4.69) is 0 Å². The molecule has 0 saturated carbocycles. The highest BCUT2D eigenvalue weighted by molar-refractivity contribution is 5.93. The monoisotopic (exact) mass is 240 g/mol. The van der Waals surface area contributed by atoms with Crippen molar-refractivity contribution in [1.82, 2.24) is 4.90 Å². The fourth-order valence-corrected chi connectivity index (χ4v) is 2.28. The first-order valence-electron chi connectivity index (χ1n) is 6.81. The van der Waals surface area contributed by atoms with Gasteiger partial charge in [-0.1, -0.05) is 44.9 Å². The van der Waals surface area contributed by atoms with Crippen LogP contribution in [-0.4, -0.2) is 23.4 Å². The van der Waals surface area contributed by atoms with Crippen LogP contribution in [0.2, 0.25) is 0 Å². The van der Waals surface area contributed by atoms with Gasteiger partial charge in [-0.3, -0.25) is 9.69 Å². The molecule has 3 amide bonds. The van der Waals surface area contributed by atoms with Crippen molar-refractivity contribution in [3.8, 4) is 0 Å². The van der Waals surface area contributed by atoms with Gasteiger partial charge in [0.15, 0.2) is 0 Å². The van der Waals surface area contributed by atoms with Gasteiger partial charge in [0, 0.05) is 13.0 Å². The number of hydrogen-bond donors (Lipinski definition) is 1. The molecule has 2 N–H and O–H groups in total. The second-order valence-electron chi connectivity index (χ2n) is 4.82. The second-order valence-corrected chi connectivity index (χ2v) is 4.82. The molecule has 0 aromatic rings. The summed E-state index contributed by atoms with van der Waals surface area (Å²) in [4.78, 5) is 24.2. The highest BCUT2D eigenvalue weighted by Crippen LogP contribution is 2.13. The molecule has 4 heteroatoms. The molecule has 0 spiro atoms. The first-order chi connectivity index (χ1) is 8.22. The number of nitrogens with two attached hydrogens (primary N) is 1. The normalized spacial score (nSPS) is 21.2. The van der Waals surface area contributed by atoms with E-state index in [4.69, 9.17) is 5.73 Å². The minimum Gasteiger partial charge on any atom is -0.351 e. The third-order valence-corrected chi connectivity index (χ3v) is 3.34. The van der Waals surface area contributed by atoms with Crippen molar-refractivity contribution in [2.75, 3.05) is 6.54 Å². The average Bonchev–Trinajstić information content (AvgIpc) is 2.30. The number of amides is 3. The van der Waals surface area contributed by atoms with E-state index in [9.17, 15) is 9.59 Å². The van der Waals surface area contributed by atoms with E-state index in [0.29, 0.717) is 13.0 Å². The van der Waals surface area contributed by atoms with Crippen LogP contribution in [0.4, 0.5) is 4.79 Å². The Labute approximate surface area is 104 Å². The van der Waals surface area contributed by atoms with Crippen molar-refractivity contribution in [2.45, 2.75) is 64.2 Å². The number of rotatable bonds is 0. The Balaban J connectivity index is 2.45. The van der Waals surface area contributed by atoms with Crippen molar-refractivity contribution in [3.05, 3.63) is 0 Å². The van der Waals surface area contributed by atoms with E-state index in [1.165, 1.54) is 37.0 Å². The number of imide groups is 1. The molecular formula is C13H24N2O2. The lowest BCUT2D eigenvalue weighted by Gasteiger charge is -2.18. The number of hydrogen-bond acceptors (Lipinski definition) is 2. The van der Waals surface area contributed by atoms with Crippen molar-refractivity contribution in [1.29, 1.82) is 0 Å². The molecule has 0 atom stereocenters. The first-order valence-corrected chi connectivity index (χ1v) is 6.81. The molecule has 0 unspecified atom stereocenters. The van der Waals surface area contributed by atoms with Gasteiger partial charge in [-0.2, -0.15) is 0 Å². The summed E-state index contributed by atoms with van der Waals surface area (Å²) in [6, 6.07) is -0.593. The zero-order valence-electron chi connectivity index (χ0n) is 10.6. The number of nitrogens with zero attached hydrogens (tertiary/aromatic N) is 1. The van der Waals surface area contributed by atoms with Gasteiger partial charge in [-0.05, 0) is 12.8 Å². The van der Waals surface area contributed by atoms with E-state index in [1.54, 1.807) is 0 Å². The Bertz CT molecular complexity index is 254. The fraction of sp³-hybridized carbons (Fsp3) is 0.846. The van der Waals surface area contributed by atoms with Gasteiger partial charge in [0.05, 0.1) is 0 Å². The summed E-state index contributed by atoms with van der Waals surface area (Å²) in [5.74, 6) is -0.100. The zero-order chi connectivity index (χ0) is 12.5. The minimum atomic E-state index is -0.593. The molecule has 1 fully saturated rings. The van der Waals surface area contributed by atoms with Gasteiger partial charge in [0.25, 0.3) is 0 Å². The van der Waals surface area contributed by atoms with Crippen LogP contribution in [0, 0.1) is 0 Å². The topological polar surface area (TPSA) is 63.4 Å². The lowest BCUT2D eigenvalue weighted by Crippen LogP contribution is -2.41. The highest BCUT2D eigenvalue weighted by Gasteiger charge is 2.17. The van der Waals surface area contributed by atoms with Crippen LogP contribution < -0.4 is 5.73 Å². The second kappa shape index (κ2) is 8.09. The average molecular weight is 240 g/mol. The molecule has 1 heterocycles. The van der Waals surface area contributed by atoms with E-state index in [-0.39, 0.29) is 5.91 Å². The summed E-state index contributed by atoms with van der Waals surface area (Å²) < 4.78 is 0. The van der Waals surface area contributed by atoms with Crippen LogP contribution in [0.5, 0.6) is 0 Å². The Morgan fingerprint density at radius 2 is 1.35 bits per heavy atom. The Hall–Kier alpha value is -1.06. The van der Waals surface area contributed by atoms with Gasteiger partial charge < -0.3 is 5.73 Å².